The molecule has 0 radical (unpaired) electrons. The van der Waals surface area contributed by atoms with E-state index in [1.54, 1.807) is 26.2 Å². The molecular weight excluding hydrogens is 465 g/mol. The molecule has 0 spiro atoms. The van der Waals surface area contributed by atoms with E-state index in [0.717, 1.165) is 12.5 Å². The number of carbonyl (C=O) groups is 3. The molecule has 2 amide bonds. The number of ketones is 1. The molecule has 0 saturated heterocycles. The lowest BCUT2D eigenvalue weighted by Crippen LogP contribution is -2.45. The predicted octanol–water partition coefficient (Wildman–Crippen LogP) is 1.53. The lowest BCUT2D eigenvalue weighted by Gasteiger charge is -2.18. The molecule has 2 heterocycles. The molecule has 0 bridgehead atoms. The van der Waals surface area contributed by atoms with Crippen molar-refractivity contribution in [2.45, 2.75) is 44.2 Å². The number of amides is 2. The van der Waals surface area contributed by atoms with Gasteiger partial charge in [0.15, 0.2) is 0 Å². The van der Waals surface area contributed by atoms with Gasteiger partial charge >= 0.3 is 0 Å². The molecule has 3 aliphatic rings. The molecule has 10 nitrogen and oxygen atoms in total. The van der Waals surface area contributed by atoms with Crippen molar-refractivity contribution in [1.29, 1.82) is 5.26 Å². The van der Waals surface area contributed by atoms with Crippen LogP contribution in [0.1, 0.15) is 63.0 Å². The van der Waals surface area contributed by atoms with E-state index in [1.807, 2.05) is 4.57 Å². The number of hydrogen-bond acceptors (Lipinski definition) is 7. The quantitative estimate of drug-likeness (QED) is 0.213. The highest BCUT2D eigenvalue weighted by Crippen LogP contribution is 2.54. The maximum Gasteiger partial charge on any atom is 0.293 e. The van der Waals surface area contributed by atoms with E-state index >= 15 is 0 Å². The molecule has 11 heteroatoms. The summed E-state index contributed by atoms with van der Waals surface area (Å²) in [5.41, 5.74) is 13.0. The van der Waals surface area contributed by atoms with Gasteiger partial charge in [-0.3, -0.25) is 14.4 Å². The van der Waals surface area contributed by atoms with Crippen molar-refractivity contribution in [2.75, 3.05) is 12.4 Å². The van der Waals surface area contributed by atoms with Gasteiger partial charge in [-0.15, -0.1) is 0 Å². The van der Waals surface area contributed by atoms with Gasteiger partial charge in [0.05, 0.1) is 22.4 Å². The van der Waals surface area contributed by atoms with Gasteiger partial charge in [0.2, 0.25) is 0 Å². The molecule has 5 rings (SSSR count). The Morgan fingerprint density at radius 2 is 2.06 bits per heavy atom. The Bertz CT molecular complexity index is 1380. The Labute approximate surface area is 206 Å². The van der Waals surface area contributed by atoms with Crippen molar-refractivity contribution < 1.29 is 18.8 Å². The van der Waals surface area contributed by atoms with E-state index < -0.39 is 29.0 Å². The van der Waals surface area contributed by atoms with Gasteiger partial charge in [0, 0.05) is 30.7 Å². The van der Waals surface area contributed by atoms with E-state index in [0.29, 0.717) is 47.8 Å². The van der Waals surface area contributed by atoms with Gasteiger partial charge < -0.3 is 26.4 Å². The summed E-state index contributed by atoms with van der Waals surface area (Å²) >= 11 is 0. The summed E-state index contributed by atoms with van der Waals surface area (Å²) in [6.45, 7) is 1.65. The number of hydrazine groups is 1. The molecule has 2 atom stereocenters. The molecule has 186 valence electrons. The van der Waals surface area contributed by atoms with E-state index in [4.69, 9.17) is 11.0 Å². The summed E-state index contributed by atoms with van der Waals surface area (Å²) in [5, 5.41) is 14.6. The third kappa shape index (κ3) is 3.79. The average molecular weight is 492 g/mol. The Hall–Kier alpha value is -4.17. The maximum atomic E-state index is 13.7. The number of aromatic nitrogens is 1. The average Bonchev–Trinajstić information content (AvgIpc) is 3.75. The lowest BCUT2D eigenvalue weighted by molar-refractivity contribution is -0.117. The first-order chi connectivity index (χ1) is 17.2. The number of anilines is 1. The van der Waals surface area contributed by atoms with Crippen LogP contribution in [-0.2, 0) is 11.2 Å². The summed E-state index contributed by atoms with van der Waals surface area (Å²) in [5.74, 6) is -2.31. The lowest BCUT2D eigenvalue weighted by atomic mass is 10.0. The zero-order valence-electron chi connectivity index (χ0n) is 19.9. The second kappa shape index (κ2) is 8.49. The smallest absolute Gasteiger partial charge is 0.293 e. The van der Waals surface area contributed by atoms with Crippen LogP contribution in [-0.4, -0.2) is 34.8 Å². The molecule has 0 unspecified atom stereocenters. The van der Waals surface area contributed by atoms with Crippen molar-refractivity contribution in [3.63, 3.8) is 0 Å². The SMILES string of the molecule is CNN/C=C(\N)C1(NC(=O)C(=O)c2c(C)c(C(=O)Nc3ccc(F)c(C#N)c3)n3c2C[C@H]2C[C@H]23)CC1. The third-order valence-electron chi connectivity index (χ3n) is 7.24. The van der Waals surface area contributed by atoms with Gasteiger partial charge in [-0.25, -0.2) is 9.82 Å². The number of Topliss-reactive ketones (excluding diaryl/α,β-unsaturated/α-hetero) is 1. The second-order valence-electron chi connectivity index (χ2n) is 9.55. The van der Waals surface area contributed by atoms with E-state index in [-0.39, 0.29) is 22.9 Å². The monoisotopic (exact) mass is 491 g/mol. The van der Waals surface area contributed by atoms with Crippen molar-refractivity contribution in [1.82, 2.24) is 20.7 Å². The van der Waals surface area contributed by atoms with E-state index in [1.165, 1.54) is 12.1 Å². The summed E-state index contributed by atoms with van der Waals surface area (Å²) in [6, 6.07) is 5.59. The normalized spacial score (nSPS) is 20.6. The first-order valence-corrected chi connectivity index (χ1v) is 11.7. The van der Waals surface area contributed by atoms with Crippen molar-refractivity contribution in [3.8, 4) is 6.07 Å². The summed E-state index contributed by atoms with van der Waals surface area (Å²) < 4.78 is 15.6. The fourth-order valence-electron chi connectivity index (χ4n) is 5.10. The van der Waals surface area contributed by atoms with Gasteiger partial charge in [0.1, 0.15) is 17.6 Å². The van der Waals surface area contributed by atoms with Crippen molar-refractivity contribution >= 4 is 23.3 Å². The number of benzene rings is 1. The van der Waals surface area contributed by atoms with Gasteiger partial charge in [0.25, 0.3) is 17.6 Å². The zero-order chi connectivity index (χ0) is 25.8. The van der Waals surface area contributed by atoms with Crippen molar-refractivity contribution in [2.24, 2.45) is 11.7 Å². The van der Waals surface area contributed by atoms with Crippen LogP contribution in [0.25, 0.3) is 0 Å². The van der Waals surface area contributed by atoms with E-state index in [2.05, 4.69) is 21.5 Å². The predicted molar refractivity (Wildman–Crippen MR) is 128 cm³/mol. The molecule has 6 N–H and O–H groups in total. The van der Waals surface area contributed by atoms with Gasteiger partial charge in [-0.1, -0.05) is 0 Å². The minimum atomic E-state index is -0.769. The summed E-state index contributed by atoms with van der Waals surface area (Å²) in [7, 11) is 1.68. The first-order valence-electron chi connectivity index (χ1n) is 11.7. The molecule has 2 saturated carbocycles. The Balaban J connectivity index is 1.43. The number of halogens is 1. The first kappa shape index (κ1) is 23.6. The van der Waals surface area contributed by atoms with Gasteiger partial charge in [-0.05, 0) is 62.3 Å². The zero-order valence-corrected chi connectivity index (χ0v) is 19.9. The largest absolute Gasteiger partial charge is 0.399 e. The number of nitrogens with two attached hydrogens (primary N) is 1. The molecule has 1 aliphatic heterocycles. The number of carbonyl (C=O) groups excluding carboxylic acids is 3. The van der Waals surface area contributed by atoms with Crippen molar-refractivity contribution in [3.05, 3.63) is 64.0 Å². The van der Waals surface area contributed by atoms with Crippen LogP contribution in [0.15, 0.2) is 30.1 Å². The fourth-order valence-corrected chi connectivity index (χ4v) is 5.10. The Morgan fingerprint density at radius 1 is 1.31 bits per heavy atom. The Kier molecular flexibility index (Phi) is 5.56. The van der Waals surface area contributed by atoms with Crippen LogP contribution in [0.4, 0.5) is 10.1 Å². The number of fused-ring (bicyclic) bond motifs is 3. The highest BCUT2D eigenvalue weighted by Gasteiger charge is 2.51. The van der Waals surface area contributed by atoms with E-state index in [9.17, 15) is 18.8 Å². The van der Waals surface area contributed by atoms with Crippen LogP contribution in [0, 0.1) is 30.0 Å². The van der Waals surface area contributed by atoms with Gasteiger partial charge in [-0.2, -0.15) is 5.26 Å². The Morgan fingerprint density at radius 3 is 2.72 bits per heavy atom. The van der Waals surface area contributed by atoms with Crippen LogP contribution in [0.5, 0.6) is 0 Å². The highest BCUT2D eigenvalue weighted by molar-refractivity contribution is 6.44. The molecule has 36 heavy (non-hydrogen) atoms. The number of rotatable bonds is 8. The van der Waals surface area contributed by atoms with Crippen LogP contribution >= 0.6 is 0 Å². The second-order valence-corrected chi connectivity index (χ2v) is 9.55. The highest BCUT2D eigenvalue weighted by atomic mass is 19.1. The topological polar surface area (TPSA) is 154 Å². The molecule has 2 aromatic rings. The van der Waals surface area contributed by atoms with Crippen LogP contribution < -0.4 is 27.2 Å². The van der Waals surface area contributed by atoms with Crippen LogP contribution in [0.2, 0.25) is 0 Å². The molecule has 1 aromatic carbocycles. The molecule has 1 aromatic heterocycles. The summed E-state index contributed by atoms with van der Waals surface area (Å²) in [6.07, 6.45) is 4.29. The molecule has 2 aliphatic carbocycles. The number of nitrogens with one attached hydrogen (secondary N) is 4. The molecular formula is C25H26FN7O3. The molecule has 2 fully saturated rings. The maximum absolute atomic E-state index is 13.7. The fraction of sp³-hybridized carbons (Fsp3) is 0.360. The number of nitriles is 1. The standard InChI is InChI=1S/C25H26FN7O3/c1-12-20(22(34)24(36)32-25(5-6-25)19(28)11-30-29-2)18-9-13-8-17(13)33(18)21(12)23(35)31-15-3-4-16(26)14(7-15)10-27/h3-4,7,11,13,17,29-30H,5-6,8-9,28H2,1-2H3,(H,31,35)(H,32,36)/b19-11-/t13-,17-/m1/s1. The number of hydrogen-bond donors (Lipinski definition) is 5. The number of nitrogens with zero attached hydrogens (tertiary/aromatic N) is 2. The summed E-state index contributed by atoms with van der Waals surface area (Å²) in [4.78, 5) is 39.7. The minimum Gasteiger partial charge on any atom is -0.399 e. The minimum absolute atomic E-state index is 0.105. The third-order valence-corrected chi connectivity index (χ3v) is 7.24. The van der Waals surface area contributed by atoms with Crippen LogP contribution in [0.3, 0.4) is 0 Å².